The van der Waals surface area contributed by atoms with E-state index in [-0.39, 0.29) is 12.1 Å². The van der Waals surface area contributed by atoms with Crippen LogP contribution >= 0.6 is 11.6 Å². The van der Waals surface area contributed by atoms with Gasteiger partial charge in [-0.2, -0.15) is 0 Å². The number of pyridine rings is 1. The monoisotopic (exact) mass is 311 g/mol. The van der Waals surface area contributed by atoms with Gasteiger partial charge in [0.2, 0.25) is 0 Å². The lowest BCUT2D eigenvalue weighted by molar-refractivity contribution is 0.0799. The number of aromatic nitrogens is 1. The number of hydrogen-bond donors (Lipinski definition) is 2. The van der Waals surface area contributed by atoms with E-state index >= 15 is 0 Å². The van der Waals surface area contributed by atoms with Gasteiger partial charge >= 0.3 is 6.03 Å². The molecule has 2 heterocycles. The SMILES string of the molecule is CC(O)C1CCN(C(=O)NCCc2ccc(Cl)nc2)CC1. The summed E-state index contributed by atoms with van der Waals surface area (Å²) in [5.74, 6) is 0.314. The second kappa shape index (κ2) is 7.61. The predicted octanol–water partition coefficient (Wildman–Crippen LogP) is 2.08. The Morgan fingerprint density at radius 3 is 2.81 bits per heavy atom. The van der Waals surface area contributed by atoms with Crippen LogP contribution in [0.4, 0.5) is 4.79 Å². The molecule has 1 unspecified atom stereocenters. The number of carbonyl (C=O) groups excluding carboxylic acids is 1. The van der Waals surface area contributed by atoms with E-state index in [1.54, 1.807) is 12.3 Å². The molecule has 0 aromatic carbocycles. The van der Waals surface area contributed by atoms with E-state index in [9.17, 15) is 9.90 Å². The minimum Gasteiger partial charge on any atom is -0.393 e. The summed E-state index contributed by atoms with van der Waals surface area (Å²) in [5.41, 5.74) is 1.05. The highest BCUT2D eigenvalue weighted by Gasteiger charge is 2.25. The molecule has 1 atom stereocenters. The van der Waals surface area contributed by atoms with Gasteiger partial charge in [0, 0.05) is 25.8 Å². The number of likely N-dealkylation sites (tertiary alicyclic amines) is 1. The molecular weight excluding hydrogens is 290 g/mol. The minimum atomic E-state index is -0.285. The number of hydrogen-bond acceptors (Lipinski definition) is 3. The van der Waals surface area contributed by atoms with Crippen molar-refractivity contribution in [3.05, 3.63) is 29.0 Å². The number of halogens is 1. The van der Waals surface area contributed by atoms with E-state index < -0.39 is 0 Å². The predicted molar refractivity (Wildman–Crippen MR) is 82.3 cm³/mol. The largest absolute Gasteiger partial charge is 0.393 e. The molecule has 0 spiro atoms. The molecule has 1 saturated heterocycles. The zero-order valence-corrected chi connectivity index (χ0v) is 13.0. The van der Waals surface area contributed by atoms with Gasteiger partial charge in [-0.25, -0.2) is 9.78 Å². The lowest BCUT2D eigenvalue weighted by Gasteiger charge is -2.33. The molecule has 1 aliphatic rings. The number of piperidine rings is 1. The third-order valence-electron chi connectivity index (χ3n) is 3.99. The zero-order valence-electron chi connectivity index (χ0n) is 12.3. The topological polar surface area (TPSA) is 65.5 Å². The van der Waals surface area contributed by atoms with Crippen LogP contribution in [0, 0.1) is 5.92 Å². The van der Waals surface area contributed by atoms with Crippen LogP contribution in [-0.4, -0.2) is 46.8 Å². The Morgan fingerprint density at radius 1 is 1.52 bits per heavy atom. The van der Waals surface area contributed by atoms with Crippen molar-refractivity contribution in [2.75, 3.05) is 19.6 Å². The third kappa shape index (κ3) is 4.86. The molecule has 2 amide bonds. The van der Waals surface area contributed by atoms with Crippen LogP contribution in [0.2, 0.25) is 5.15 Å². The van der Waals surface area contributed by atoms with Gasteiger partial charge in [-0.1, -0.05) is 17.7 Å². The highest BCUT2D eigenvalue weighted by Crippen LogP contribution is 2.20. The van der Waals surface area contributed by atoms with Crippen molar-refractivity contribution in [1.29, 1.82) is 0 Å². The van der Waals surface area contributed by atoms with Crippen molar-refractivity contribution in [2.24, 2.45) is 5.92 Å². The number of aliphatic hydroxyl groups excluding tert-OH is 1. The minimum absolute atomic E-state index is 0.0269. The van der Waals surface area contributed by atoms with Crippen molar-refractivity contribution >= 4 is 17.6 Å². The van der Waals surface area contributed by atoms with E-state index in [1.807, 2.05) is 17.9 Å². The third-order valence-corrected chi connectivity index (χ3v) is 4.21. The van der Waals surface area contributed by atoms with Crippen LogP contribution in [0.3, 0.4) is 0 Å². The molecule has 1 fully saturated rings. The van der Waals surface area contributed by atoms with Crippen molar-refractivity contribution in [2.45, 2.75) is 32.3 Å². The van der Waals surface area contributed by atoms with Gasteiger partial charge in [-0.15, -0.1) is 0 Å². The molecule has 2 rings (SSSR count). The zero-order chi connectivity index (χ0) is 15.2. The molecule has 0 saturated carbocycles. The summed E-state index contributed by atoms with van der Waals surface area (Å²) in [5, 5.41) is 13.0. The fourth-order valence-corrected chi connectivity index (χ4v) is 2.68. The highest BCUT2D eigenvalue weighted by atomic mass is 35.5. The van der Waals surface area contributed by atoms with Crippen molar-refractivity contribution < 1.29 is 9.90 Å². The maximum Gasteiger partial charge on any atom is 0.317 e. The Bertz CT molecular complexity index is 456. The number of amides is 2. The Balaban J connectivity index is 1.69. The van der Waals surface area contributed by atoms with Gasteiger partial charge in [0.15, 0.2) is 0 Å². The van der Waals surface area contributed by atoms with Gasteiger partial charge in [-0.05, 0) is 43.7 Å². The Kier molecular flexibility index (Phi) is 5.82. The lowest BCUT2D eigenvalue weighted by atomic mass is 9.92. The Labute approximate surface area is 130 Å². The van der Waals surface area contributed by atoms with Gasteiger partial charge in [0.05, 0.1) is 6.10 Å². The lowest BCUT2D eigenvalue weighted by Crippen LogP contribution is -2.46. The molecule has 6 heteroatoms. The fraction of sp³-hybridized carbons (Fsp3) is 0.600. The van der Waals surface area contributed by atoms with E-state index in [0.717, 1.165) is 24.8 Å². The van der Waals surface area contributed by atoms with Crippen molar-refractivity contribution in [3.8, 4) is 0 Å². The van der Waals surface area contributed by atoms with Crippen LogP contribution < -0.4 is 5.32 Å². The second-order valence-electron chi connectivity index (χ2n) is 5.54. The van der Waals surface area contributed by atoms with Gasteiger partial charge in [0.1, 0.15) is 5.15 Å². The van der Waals surface area contributed by atoms with Gasteiger partial charge in [0.25, 0.3) is 0 Å². The van der Waals surface area contributed by atoms with E-state index in [4.69, 9.17) is 11.6 Å². The average Bonchev–Trinajstić information content (AvgIpc) is 2.49. The summed E-state index contributed by atoms with van der Waals surface area (Å²) in [6.07, 6.45) is 3.91. The standard InChI is InChI=1S/C15H22ClN3O2/c1-11(20)13-5-8-19(9-6-13)15(21)17-7-4-12-2-3-14(16)18-10-12/h2-3,10-11,13,20H,4-9H2,1H3,(H,17,21). The molecular formula is C15H22ClN3O2. The summed E-state index contributed by atoms with van der Waals surface area (Å²) in [6.45, 7) is 3.83. The molecule has 1 aliphatic heterocycles. The summed E-state index contributed by atoms with van der Waals surface area (Å²) in [6, 6.07) is 3.63. The maximum absolute atomic E-state index is 12.0. The number of urea groups is 1. The molecule has 1 aromatic rings. The van der Waals surface area contributed by atoms with E-state index in [0.29, 0.717) is 30.7 Å². The first kappa shape index (κ1) is 16.0. The summed E-state index contributed by atoms with van der Waals surface area (Å²) in [4.78, 5) is 17.9. The van der Waals surface area contributed by atoms with E-state index in [2.05, 4.69) is 10.3 Å². The Hall–Kier alpha value is -1.33. The number of aliphatic hydroxyl groups is 1. The molecule has 0 aliphatic carbocycles. The second-order valence-corrected chi connectivity index (χ2v) is 5.92. The van der Waals surface area contributed by atoms with Crippen molar-refractivity contribution in [3.63, 3.8) is 0 Å². The molecule has 0 radical (unpaired) electrons. The normalized spacial score (nSPS) is 17.6. The number of nitrogens with one attached hydrogen (secondary N) is 1. The quantitative estimate of drug-likeness (QED) is 0.837. The smallest absolute Gasteiger partial charge is 0.317 e. The van der Waals surface area contributed by atoms with E-state index in [1.165, 1.54) is 0 Å². The summed E-state index contributed by atoms with van der Waals surface area (Å²) >= 11 is 5.73. The molecule has 2 N–H and O–H groups in total. The first-order valence-electron chi connectivity index (χ1n) is 7.37. The van der Waals surface area contributed by atoms with Crippen LogP contribution in [0.1, 0.15) is 25.3 Å². The molecule has 5 nitrogen and oxygen atoms in total. The first-order chi connectivity index (χ1) is 10.1. The highest BCUT2D eigenvalue weighted by molar-refractivity contribution is 6.29. The van der Waals surface area contributed by atoms with Crippen LogP contribution in [0.15, 0.2) is 18.3 Å². The fourth-order valence-electron chi connectivity index (χ4n) is 2.56. The molecule has 116 valence electrons. The van der Waals surface area contributed by atoms with Crippen LogP contribution in [0.5, 0.6) is 0 Å². The van der Waals surface area contributed by atoms with Crippen LogP contribution in [-0.2, 0) is 6.42 Å². The molecule has 0 bridgehead atoms. The van der Waals surface area contributed by atoms with Crippen LogP contribution in [0.25, 0.3) is 0 Å². The number of nitrogens with zero attached hydrogens (tertiary/aromatic N) is 2. The molecule has 1 aromatic heterocycles. The summed E-state index contributed by atoms with van der Waals surface area (Å²) in [7, 11) is 0. The average molecular weight is 312 g/mol. The number of carbonyl (C=O) groups is 1. The first-order valence-corrected chi connectivity index (χ1v) is 7.75. The number of rotatable bonds is 4. The van der Waals surface area contributed by atoms with Crippen molar-refractivity contribution in [1.82, 2.24) is 15.2 Å². The molecule has 21 heavy (non-hydrogen) atoms. The maximum atomic E-state index is 12.0. The van der Waals surface area contributed by atoms with Gasteiger partial charge in [-0.3, -0.25) is 0 Å². The van der Waals surface area contributed by atoms with Gasteiger partial charge < -0.3 is 15.3 Å². The summed E-state index contributed by atoms with van der Waals surface area (Å²) < 4.78 is 0. The Morgan fingerprint density at radius 2 is 2.24 bits per heavy atom.